The second kappa shape index (κ2) is 8.47. The highest BCUT2D eigenvalue weighted by Gasteiger charge is 2.12. The van der Waals surface area contributed by atoms with Gasteiger partial charge < -0.3 is 5.32 Å². The van der Waals surface area contributed by atoms with E-state index in [4.69, 9.17) is 0 Å². The average Bonchev–Trinajstić information content (AvgIpc) is 2.86. The third-order valence-corrected chi connectivity index (χ3v) is 4.29. The number of aromatic nitrogens is 1. The summed E-state index contributed by atoms with van der Waals surface area (Å²) in [5, 5.41) is 3.72. The molecule has 0 unspecified atom stereocenters. The van der Waals surface area contributed by atoms with Gasteiger partial charge in [-0.25, -0.2) is 4.98 Å². The van der Waals surface area contributed by atoms with Gasteiger partial charge in [-0.1, -0.05) is 42.2 Å². The van der Waals surface area contributed by atoms with Crippen molar-refractivity contribution in [1.29, 1.82) is 0 Å². The van der Waals surface area contributed by atoms with E-state index in [9.17, 15) is 4.79 Å². The topological polar surface area (TPSA) is 45.2 Å². The van der Waals surface area contributed by atoms with Gasteiger partial charge in [0.2, 0.25) is 0 Å². The molecule has 0 atom stereocenters. The first-order chi connectivity index (χ1) is 11.1. The van der Waals surface area contributed by atoms with Crippen molar-refractivity contribution in [3.8, 4) is 11.8 Å². The Morgan fingerprint density at radius 2 is 2.00 bits per heavy atom. The Bertz CT molecular complexity index is 713. The average molecular weight is 327 g/mol. The van der Waals surface area contributed by atoms with E-state index in [1.807, 2.05) is 39.1 Å². The summed E-state index contributed by atoms with van der Waals surface area (Å²) in [7, 11) is 2.03. The van der Waals surface area contributed by atoms with Crippen LogP contribution >= 0.6 is 11.3 Å². The fraction of sp³-hybridized carbons (Fsp3) is 0.333. The van der Waals surface area contributed by atoms with E-state index in [1.165, 1.54) is 16.9 Å². The normalized spacial score (nSPS) is 10.3. The Kier molecular flexibility index (Phi) is 6.33. The van der Waals surface area contributed by atoms with Crippen LogP contribution in [-0.2, 0) is 6.54 Å². The molecule has 0 aliphatic heterocycles. The lowest BCUT2D eigenvalue weighted by Gasteiger charge is -2.12. The van der Waals surface area contributed by atoms with Gasteiger partial charge in [-0.2, -0.15) is 0 Å². The molecule has 1 aromatic carbocycles. The molecule has 1 amide bonds. The van der Waals surface area contributed by atoms with E-state index >= 15 is 0 Å². The van der Waals surface area contributed by atoms with Crippen LogP contribution in [0.5, 0.6) is 0 Å². The van der Waals surface area contributed by atoms with E-state index in [0.29, 0.717) is 18.0 Å². The highest BCUT2D eigenvalue weighted by molar-refractivity contribution is 7.13. The Morgan fingerprint density at radius 3 is 2.65 bits per heavy atom. The van der Waals surface area contributed by atoms with E-state index in [0.717, 1.165) is 17.2 Å². The molecule has 120 valence electrons. The number of thiazole rings is 1. The number of carbonyl (C=O) groups is 1. The van der Waals surface area contributed by atoms with Gasteiger partial charge in [-0.3, -0.25) is 9.69 Å². The lowest BCUT2D eigenvalue weighted by Crippen LogP contribution is -2.23. The Hall–Kier alpha value is -2.16. The van der Waals surface area contributed by atoms with Crippen molar-refractivity contribution in [1.82, 2.24) is 15.2 Å². The number of rotatable bonds is 5. The quantitative estimate of drug-likeness (QED) is 0.859. The Balaban J connectivity index is 1.73. The molecule has 0 spiro atoms. The molecule has 0 radical (unpaired) electrons. The van der Waals surface area contributed by atoms with Crippen LogP contribution in [0.25, 0.3) is 0 Å². The number of aryl methyl sites for hydroxylation is 2. The van der Waals surface area contributed by atoms with E-state index in [-0.39, 0.29) is 5.91 Å². The minimum Gasteiger partial charge on any atom is -0.340 e. The van der Waals surface area contributed by atoms with Gasteiger partial charge in [-0.15, -0.1) is 11.3 Å². The van der Waals surface area contributed by atoms with Gasteiger partial charge in [0.25, 0.3) is 5.91 Å². The third kappa shape index (κ3) is 5.51. The first kappa shape index (κ1) is 17.2. The Morgan fingerprint density at radius 1 is 1.26 bits per heavy atom. The number of hydrogen-bond donors (Lipinski definition) is 1. The van der Waals surface area contributed by atoms with Crippen LogP contribution in [0.3, 0.4) is 0 Å². The van der Waals surface area contributed by atoms with E-state index in [1.54, 1.807) is 0 Å². The van der Waals surface area contributed by atoms with Crippen LogP contribution in [0.2, 0.25) is 0 Å². The summed E-state index contributed by atoms with van der Waals surface area (Å²) in [4.78, 5) is 19.1. The SMILES string of the molecule is Cc1nc(C)c(C(=O)NCC#CCN(C)Cc2ccccc2)s1. The van der Waals surface area contributed by atoms with Gasteiger partial charge in [-0.05, 0) is 26.5 Å². The lowest BCUT2D eigenvalue weighted by atomic mass is 10.2. The Labute approximate surface area is 141 Å². The van der Waals surface area contributed by atoms with E-state index in [2.05, 4.69) is 39.2 Å². The highest BCUT2D eigenvalue weighted by Crippen LogP contribution is 2.16. The van der Waals surface area contributed by atoms with Crippen molar-refractivity contribution in [2.75, 3.05) is 20.1 Å². The van der Waals surface area contributed by atoms with Crippen LogP contribution in [0.4, 0.5) is 0 Å². The monoisotopic (exact) mass is 327 g/mol. The van der Waals surface area contributed by atoms with Crippen LogP contribution in [0.1, 0.15) is 25.9 Å². The highest BCUT2D eigenvalue weighted by atomic mass is 32.1. The minimum absolute atomic E-state index is 0.0972. The molecule has 23 heavy (non-hydrogen) atoms. The first-order valence-corrected chi connectivity index (χ1v) is 8.28. The van der Waals surface area contributed by atoms with Crippen LogP contribution < -0.4 is 5.32 Å². The number of nitrogens with one attached hydrogen (secondary N) is 1. The van der Waals surface area contributed by atoms with Crippen molar-refractivity contribution >= 4 is 17.2 Å². The second-order valence-corrected chi connectivity index (χ2v) is 6.54. The molecule has 2 rings (SSSR count). The number of nitrogens with zero attached hydrogens (tertiary/aromatic N) is 2. The summed E-state index contributed by atoms with van der Waals surface area (Å²) in [6.45, 7) is 5.64. The molecule has 0 aliphatic carbocycles. The van der Waals surface area contributed by atoms with E-state index < -0.39 is 0 Å². The molecule has 4 nitrogen and oxygen atoms in total. The van der Waals surface area contributed by atoms with Crippen LogP contribution in [0.15, 0.2) is 30.3 Å². The van der Waals surface area contributed by atoms with Crippen molar-refractivity contribution in [3.63, 3.8) is 0 Å². The maximum absolute atomic E-state index is 12.0. The van der Waals surface area contributed by atoms with Crippen molar-refractivity contribution < 1.29 is 4.79 Å². The van der Waals surface area contributed by atoms with Crippen molar-refractivity contribution in [2.24, 2.45) is 0 Å². The largest absolute Gasteiger partial charge is 0.340 e. The molecule has 0 aliphatic rings. The number of hydrogen-bond acceptors (Lipinski definition) is 4. The van der Waals surface area contributed by atoms with Crippen molar-refractivity contribution in [3.05, 3.63) is 51.5 Å². The summed E-state index contributed by atoms with van der Waals surface area (Å²) in [5.41, 5.74) is 2.04. The zero-order valence-electron chi connectivity index (χ0n) is 13.7. The summed E-state index contributed by atoms with van der Waals surface area (Å²) in [6, 6.07) is 10.3. The van der Waals surface area contributed by atoms with Crippen LogP contribution in [0, 0.1) is 25.7 Å². The maximum atomic E-state index is 12.0. The fourth-order valence-corrected chi connectivity index (χ4v) is 2.99. The van der Waals surface area contributed by atoms with Gasteiger partial charge in [0.1, 0.15) is 4.88 Å². The molecule has 0 saturated carbocycles. The fourth-order valence-electron chi connectivity index (χ4n) is 2.15. The zero-order valence-corrected chi connectivity index (χ0v) is 14.5. The molecule has 2 aromatic rings. The zero-order chi connectivity index (χ0) is 16.7. The number of carbonyl (C=O) groups excluding carboxylic acids is 1. The maximum Gasteiger partial charge on any atom is 0.264 e. The number of amides is 1. The molecule has 5 heteroatoms. The second-order valence-electron chi connectivity index (χ2n) is 5.34. The standard InChI is InChI=1S/C18H21N3OS/c1-14-17(23-15(2)20-14)18(22)19-11-7-8-12-21(3)13-16-9-5-4-6-10-16/h4-6,9-10H,11-13H2,1-3H3,(H,19,22). The summed E-state index contributed by atoms with van der Waals surface area (Å²) in [6.07, 6.45) is 0. The minimum atomic E-state index is -0.0972. The molecule has 1 heterocycles. The van der Waals surface area contributed by atoms with Gasteiger partial charge >= 0.3 is 0 Å². The summed E-state index contributed by atoms with van der Waals surface area (Å²) >= 11 is 1.41. The summed E-state index contributed by atoms with van der Waals surface area (Å²) < 4.78 is 0. The molecule has 0 fully saturated rings. The van der Waals surface area contributed by atoms with Gasteiger partial charge in [0.05, 0.1) is 23.8 Å². The first-order valence-electron chi connectivity index (χ1n) is 7.46. The van der Waals surface area contributed by atoms with Gasteiger partial charge in [0, 0.05) is 6.54 Å². The molecule has 0 bridgehead atoms. The molecule has 1 aromatic heterocycles. The third-order valence-electron chi connectivity index (χ3n) is 3.22. The smallest absolute Gasteiger partial charge is 0.264 e. The molecule has 0 saturated heterocycles. The molecular weight excluding hydrogens is 306 g/mol. The molecule has 1 N–H and O–H groups in total. The van der Waals surface area contributed by atoms with Gasteiger partial charge in [0.15, 0.2) is 0 Å². The summed E-state index contributed by atoms with van der Waals surface area (Å²) in [5.74, 6) is 5.97. The van der Waals surface area contributed by atoms with Crippen LogP contribution in [-0.4, -0.2) is 35.9 Å². The van der Waals surface area contributed by atoms with Crippen molar-refractivity contribution in [2.45, 2.75) is 20.4 Å². The predicted octanol–water partition coefficient (Wildman–Crippen LogP) is 2.63. The predicted molar refractivity (Wildman–Crippen MR) is 94.5 cm³/mol. The number of benzene rings is 1. The molecular formula is C18H21N3OS. The lowest BCUT2D eigenvalue weighted by molar-refractivity contribution is 0.0962.